The predicted octanol–water partition coefficient (Wildman–Crippen LogP) is 7.58. The van der Waals surface area contributed by atoms with Crippen molar-refractivity contribution in [1.29, 1.82) is 0 Å². The van der Waals surface area contributed by atoms with Crippen molar-refractivity contribution in [2.75, 3.05) is 0 Å². The molecule has 0 spiro atoms. The number of carbonyl (C=O) groups is 1. The first-order valence-electron chi connectivity index (χ1n) is 11.0. The van der Waals surface area contributed by atoms with E-state index in [0.29, 0.717) is 11.5 Å². The lowest BCUT2D eigenvalue weighted by atomic mass is 9.79. The maximum Gasteiger partial charge on any atom is 0.346 e. The van der Waals surface area contributed by atoms with Gasteiger partial charge in [0.15, 0.2) is 11.6 Å². The zero-order chi connectivity index (χ0) is 22.4. The third-order valence-electron chi connectivity index (χ3n) is 5.92. The Hall–Kier alpha value is -2.56. The van der Waals surface area contributed by atoms with Crippen LogP contribution < -0.4 is 4.74 Å². The minimum absolute atomic E-state index is 0.184. The molecule has 1 aliphatic rings. The van der Waals surface area contributed by atoms with Crippen LogP contribution in [0.1, 0.15) is 68.3 Å². The predicted molar refractivity (Wildman–Crippen MR) is 116 cm³/mol. The summed E-state index contributed by atoms with van der Waals surface area (Å²) in [5, 5.41) is 0. The molecule has 1 saturated carbocycles. The number of ether oxygens (including phenoxy) is 1. The first-order chi connectivity index (χ1) is 14.8. The summed E-state index contributed by atoms with van der Waals surface area (Å²) >= 11 is 0. The van der Waals surface area contributed by atoms with Gasteiger partial charge in [0.05, 0.1) is 5.56 Å². The fourth-order valence-electron chi connectivity index (χ4n) is 3.99. The molecular formula is C26H29F3O2. The fourth-order valence-corrected chi connectivity index (χ4v) is 3.99. The second kappa shape index (κ2) is 10.7. The minimum atomic E-state index is -1.14. The van der Waals surface area contributed by atoms with E-state index in [-0.39, 0.29) is 11.3 Å². The first kappa shape index (κ1) is 23.1. The van der Waals surface area contributed by atoms with Crippen molar-refractivity contribution in [2.24, 2.45) is 17.8 Å². The van der Waals surface area contributed by atoms with E-state index in [4.69, 9.17) is 4.74 Å². The maximum atomic E-state index is 14.4. The Morgan fingerprint density at radius 1 is 1.00 bits per heavy atom. The number of hydrogen-bond acceptors (Lipinski definition) is 2. The molecule has 0 unspecified atom stereocenters. The fraction of sp³-hybridized carbons (Fsp3) is 0.423. The molecular weight excluding hydrogens is 401 g/mol. The zero-order valence-electron chi connectivity index (χ0n) is 18.0. The highest BCUT2D eigenvalue weighted by Crippen LogP contribution is 2.33. The molecule has 0 aliphatic heterocycles. The van der Waals surface area contributed by atoms with Crippen molar-refractivity contribution in [1.82, 2.24) is 0 Å². The van der Waals surface area contributed by atoms with Crippen LogP contribution >= 0.6 is 0 Å². The van der Waals surface area contributed by atoms with Gasteiger partial charge in [0, 0.05) is 6.07 Å². The van der Waals surface area contributed by atoms with Crippen molar-refractivity contribution < 1.29 is 22.7 Å². The smallest absolute Gasteiger partial charge is 0.346 e. The van der Waals surface area contributed by atoms with E-state index in [9.17, 15) is 18.0 Å². The molecule has 5 heteroatoms. The van der Waals surface area contributed by atoms with E-state index in [1.165, 1.54) is 37.8 Å². The Kier molecular flexibility index (Phi) is 7.94. The van der Waals surface area contributed by atoms with Gasteiger partial charge in [-0.25, -0.2) is 18.0 Å². The molecule has 2 aromatic carbocycles. The van der Waals surface area contributed by atoms with Crippen LogP contribution in [0.5, 0.6) is 5.75 Å². The van der Waals surface area contributed by atoms with Crippen molar-refractivity contribution in [3.8, 4) is 5.75 Å². The van der Waals surface area contributed by atoms with Crippen LogP contribution in [0.15, 0.2) is 42.5 Å². The van der Waals surface area contributed by atoms with Crippen molar-refractivity contribution in [3.05, 3.63) is 71.1 Å². The molecule has 0 saturated heterocycles. The molecule has 0 amide bonds. The van der Waals surface area contributed by atoms with E-state index in [2.05, 4.69) is 19.9 Å². The summed E-state index contributed by atoms with van der Waals surface area (Å²) in [6.07, 6.45) is 11.4. The molecule has 1 aliphatic carbocycles. The maximum absolute atomic E-state index is 14.4. The lowest BCUT2D eigenvalue weighted by Crippen LogP contribution is -2.13. The van der Waals surface area contributed by atoms with E-state index in [1.54, 1.807) is 6.07 Å². The van der Waals surface area contributed by atoms with Crippen molar-refractivity contribution in [3.63, 3.8) is 0 Å². The summed E-state index contributed by atoms with van der Waals surface area (Å²) in [5.74, 6) is -1.97. The van der Waals surface area contributed by atoms with E-state index in [1.807, 2.05) is 6.08 Å². The molecule has 166 valence electrons. The number of carbonyl (C=O) groups excluding carboxylic acids is 1. The van der Waals surface area contributed by atoms with E-state index >= 15 is 0 Å². The van der Waals surface area contributed by atoms with Gasteiger partial charge in [-0.2, -0.15) is 0 Å². The van der Waals surface area contributed by atoms with Crippen LogP contribution in [0.3, 0.4) is 0 Å². The summed E-state index contributed by atoms with van der Waals surface area (Å²) in [5.41, 5.74) is 0.413. The molecule has 2 aromatic rings. The second-order valence-corrected chi connectivity index (χ2v) is 8.82. The average Bonchev–Trinajstić information content (AvgIpc) is 2.74. The Labute approximate surface area is 182 Å². The van der Waals surface area contributed by atoms with Crippen LogP contribution in [-0.2, 0) is 0 Å². The van der Waals surface area contributed by atoms with Crippen molar-refractivity contribution in [2.45, 2.75) is 52.4 Å². The number of allylic oxidation sites excluding steroid dienone is 1. The quantitative estimate of drug-likeness (QED) is 0.334. The van der Waals surface area contributed by atoms with Gasteiger partial charge in [-0.15, -0.1) is 0 Å². The third-order valence-corrected chi connectivity index (χ3v) is 5.92. The highest BCUT2D eigenvalue weighted by Gasteiger charge is 2.20. The van der Waals surface area contributed by atoms with Gasteiger partial charge in [0.2, 0.25) is 0 Å². The van der Waals surface area contributed by atoms with Gasteiger partial charge in [0.1, 0.15) is 11.6 Å². The van der Waals surface area contributed by atoms with Gasteiger partial charge in [-0.05, 0) is 73.3 Å². The van der Waals surface area contributed by atoms with Gasteiger partial charge in [-0.3, -0.25) is 0 Å². The Morgan fingerprint density at radius 2 is 1.74 bits per heavy atom. The van der Waals surface area contributed by atoms with Crippen LogP contribution in [0.25, 0.3) is 6.08 Å². The van der Waals surface area contributed by atoms with Gasteiger partial charge in [-0.1, -0.05) is 44.9 Å². The summed E-state index contributed by atoms with van der Waals surface area (Å²) in [7, 11) is 0. The SMILES string of the molecule is CC(C)CCC1CCC(C=Cc2ccc(C(=O)Oc3ccc(F)c(F)c3)c(F)c2)CC1. The molecule has 0 atom stereocenters. The topological polar surface area (TPSA) is 26.3 Å². The molecule has 0 aromatic heterocycles. The van der Waals surface area contributed by atoms with Crippen LogP contribution in [0.4, 0.5) is 13.2 Å². The standard InChI is InChI=1S/C26H29F3O2/c1-17(2)3-4-18-5-7-19(8-6-18)9-10-20-11-13-22(24(28)15-20)26(30)31-21-12-14-23(27)25(29)16-21/h9-19H,3-8H2,1-2H3. The number of rotatable bonds is 7. The zero-order valence-corrected chi connectivity index (χ0v) is 18.0. The molecule has 3 rings (SSSR count). The number of esters is 1. The van der Waals surface area contributed by atoms with Crippen LogP contribution in [-0.4, -0.2) is 5.97 Å². The molecule has 0 heterocycles. The van der Waals surface area contributed by atoms with Crippen LogP contribution in [0.2, 0.25) is 0 Å². The summed E-state index contributed by atoms with van der Waals surface area (Å²) in [4.78, 5) is 12.2. The molecule has 2 nitrogen and oxygen atoms in total. The molecule has 0 radical (unpaired) electrons. The van der Waals surface area contributed by atoms with Crippen molar-refractivity contribution >= 4 is 12.0 Å². The molecule has 1 fully saturated rings. The molecule has 31 heavy (non-hydrogen) atoms. The summed E-state index contributed by atoms with van der Waals surface area (Å²) in [6.45, 7) is 4.53. The normalized spacial score (nSPS) is 19.2. The Bertz CT molecular complexity index is 928. The highest BCUT2D eigenvalue weighted by molar-refractivity contribution is 5.91. The van der Waals surface area contributed by atoms with Crippen LogP contribution in [0, 0.1) is 35.2 Å². The first-order valence-corrected chi connectivity index (χ1v) is 11.0. The summed E-state index contributed by atoms with van der Waals surface area (Å²) in [6, 6.07) is 6.99. The lowest BCUT2D eigenvalue weighted by molar-refractivity contribution is 0.0729. The largest absolute Gasteiger partial charge is 0.423 e. The van der Waals surface area contributed by atoms with Gasteiger partial charge >= 0.3 is 5.97 Å². The number of hydrogen-bond donors (Lipinski definition) is 0. The third kappa shape index (κ3) is 6.71. The Morgan fingerprint density at radius 3 is 2.39 bits per heavy atom. The average molecular weight is 431 g/mol. The monoisotopic (exact) mass is 430 g/mol. The van der Waals surface area contributed by atoms with E-state index in [0.717, 1.165) is 42.9 Å². The minimum Gasteiger partial charge on any atom is -0.423 e. The number of halogens is 3. The number of benzene rings is 2. The molecule has 0 N–H and O–H groups in total. The summed E-state index contributed by atoms with van der Waals surface area (Å²) < 4.78 is 45.6. The van der Waals surface area contributed by atoms with Gasteiger partial charge in [0.25, 0.3) is 0 Å². The van der Waals surface area contributed by atoms with Gasteiger partial charge < -0.3 is 4.74 Å². The van der Waals surface area contributed by atoms with E-state index < -0.39 is 23.4 Å². The second-order valence-electron chi connectivity index (χ2n) is 8.82. The Balaban J connectivity index is 1.55. The lowest BCUT2D eigenvalue weighted by Gasteiger charge is -2.27. The highest BCUT2D eigenvalue weighted by atomic mass is 19.2. The molecule has 0 bridgehead atoms.